The lowest BCUT2D eigenvalue weighted by Crippen LogP contribution is -2.17. The molecule has 0 aliphatic rings. The van der Waals surface area contributed by atoms with Crippen molar-refractivity contribution in [1.82, 2.24) is 0 Å². The molecule has 2 aromatic carbocycles. The number of hydrogen-bond donors (Lipinski definition) is 1. The van der Waals surface area contributed by atoms with E-state index in [1.807, 2.05) is 0 Å². The number of amides is 1. The number of esters is 1. The van der Waals surface area contributed by atoms with Gasteiger partial charge in [0, 0.05) is 29.8 Å². The maximum absolute atomic E-state index is 12.0. The summed E-state index contributed by atoms with van der Waals surface area (Å²) in [5.74, 6) is -1.64. The molecule has 1 amide bonds. The van der Waals surface area contributed by atoms with Crippen LogP contribution in [0.25, 0.3) is 0 Å². The average molecular weight is 425 g/mol. The van der Waals surface area contributed by atoms with Crippen molar-refractivity contribution in [3.63, 3.8) is 0 Å². The minimum Gasteiger partial charge on any atom is -0.457 e. The maximum Gasteiger partial charge on any atom is 0.306 e. The van der Waals surface area contributed by atoms with Crippen LogP contribution >= 0.6 is 23.2 Å². The molecule has 0 saturated heterocycles. The quantitative estimate of drug-likeness (QED) is 0.295. The van der Waals surface area contributed by atoms with E-state index >= 15 is 0 Å². The predicted octanol–water partition coefficient (Wildman–Crippen LogP) is 4.05. The van der Waals surface area contributed by atoms with Crippen LogP contribution in [0.5, 0.6) is 0 Å². The number of Topliss-reactive ketones (excluding diaryl/α,β-unsaturated/α-hetero) is 1. The molecule has 1 N–H and O–H groups in total. The third-order valence-electron chi connectivity index (χ3n) is 3.52. The largest absolute Gasteiger partial charge is 0.457 e. The summed E-state index contributed by atoms with van der Waals surface area (Å²) in [7, 11) is 0. The number of nitrogens with one attached hydrogen (secondary N) is 1. The van der Waals surface area contributed by atoms with E-state index in [2.05, 4.69) is 5.32 Å². The monoisotopic (exact) mass is 424 g/mol. The molecule has 0 bridgehead atoms. The molecule has 0 aliphatic heterocycles. The van der Waals surface area contributed by atoms with Crippen LogP contribution in [0, 0.1) is 10.1 Å². The molecule has 0 spiro atoms. The minimum absolute atomic E-state index is 0.104. The highest BCUT2D eigenvalue weighted by molar-refractivity contribution is 6.42. The van der Waals surface area contributed by atoms with Gasteiger partial charge in [-0.05, 0) is 30.3 Å². The number of rotatable bonds is 8. The predicted molar refractivity (Wildman–Crippen MR) is 103 cm³/mol. The van der Waals surface area contributed by atoms with E-state index in [1.54, 1.807) is 0 Å². The van der Waals surface area contributed by atoms with Gasteiger partial charge >= 0.3 is 5.97 Å². The van der Waals surface area contributed by atoms with Crippen molar-refractivity contribution in [2.75, 3.05) is 11.9 Å². The Kier molecular flexibility index (Phi) is 7.48. The van der Waals surface area contributed by atoms with Crippen molar-refractivity contribution in [2.45, 2.75) is 12.8 Å². The maximum atomic E-state index is 12.0. The van der Waals surface area contributed by atoms with Crippen molar-refractivity contribution in [2.24, 2.45) is 0 Å². The van der Waals surface area contributed by atoms with Crippen molar-refractivity contribution >= 4 is 52.2 Å². The van der Waals surface area contributed by atoms with Gasteiger partial charge in [-0.2, -0.15) is 0 Å². The van der Waals surface area contributed by atoms with E-state index in [0.29, 0.717) is 10.7 Å². The number of nitro benzene ring substituents is 1. The Morgan fingerprint density at radius 1 is 1.00 bits per heavy atom. The lowest BCUT2D eigenvalue weighted by molar-refractivity contribution is -0.384. The highest BCUT2D eigenvalue weighted by atomic mass is 35.5. The van der Waals surface area contributed by atoms with Crippen LogP contribution in [-0.2, 0) is 14.3 Å². The Bertz CT molecular complexity index is 915. The van der Waals surface area contributed by atoms with Gasteiger partial charge in [-0.1, -0.05) is 23.2 Å². The lowest BCUT2D eigenvalue weighted by atomic mass is 10.1. The normalized spacial score (nSPS) is 10.2. The summed E-state index contributed by atoms with van der Waals surface area (Å²) in [4.78, 5) is 45.5. The highest BCUT2D eigenvalue weighted by Gasteiger charge is 2.13. The number of benzene rings is 2. The molecule has 0 unspecified atom stereocenters. The number of anilines is 1. The zero-order chi connectivity index (χ0) is 20.7. The van der Waals surface area contributed by atoms with E-state index in [1.165, 1.54) is 42.5 Å². The van der Waals surface area contributed by atoms with Gasteiger partial charge in [0.1, 0.15) is 0 Å². The SMILES string of the molecule is O=C(CCC(=O)OCC(=O)c1ccc(Cl)c(Cl)c1)Nc1ccc([N+](=O)[O-])cc1. The van der Waals surface area contributed by atoms with Crippen molar-refractivity contribution in [3.05, 3.63) is 68.2 Å². The number of hydrogen-bond acceptors (Lipinski definition) is 6. The molecule has 0 fully saturated rings. The summed E-state index contributed by atoms with van der Waals surface area (Å²) >= 11 is 11.6. The lowest BCUT2D eigenvalue weighted by Gasteiger charge is -2.06. The third kappa shape index (κ3) is 6.33. The Morgan fingerprint density at radius 3 is 2.29 bits per heavy atom. The molecule has 0 atom stereocenters. The van der Waals surface area contributed by atoms with E-state index in [4.69, 9.17) is 27.9 Å². The van der Waals surface area contributed by atoms with Crippen LogP contribution in [0.15, 0.2) is 42.5 Å². The van der Waals surface area contributed by atoms with Gasteiger partial charge in [-0.3, -0.25) is 24.5 Å². The van der Waals surface area contributed by atoms with Gasteiger partial charge in [-0.25, -0.2) is 0 Å². The van der Waals surface area contributed by atoms with Crippen LogP contribution in [-0.4, -0.2) is 29.2 Å². The molecule has 2 aromatic rings. The number of halogens is 2. The first-order valence-corrected chi connectivity index (χ1v) is 8.70. The van der Waals surface area contributed by atoms with Gasteiger partial charge in [0.2, 0.25) is 5.91 Å². The van der Waals surface area contributed by atoms with E-state index < -0.39 is 29.2 Å². The number of non-ortho nitro benzene ring substituents is 1. The molecule has 0 aliphatic carbocycles. The second-order valence-electron chi connectivity index (χ2n) is 5.56. The van der Waals surface area contributed by atoms with E-state index in [9.17, 15) is 24.5 Å². The number of nitrogens with zero attached hydrogens (tertiary/aromatic N) is 1. The van der Waals surface area contributed by atoms with Crippen LogP contribution in [0.2, 0.25) is 10.0 Å². The van der Waals surface area contributed by atoms with Crippen molar-refractivity contribution < 1.29 is 24.0 Å². The molecule has 0 saturated carbocycles. The fraction of sp³-hybridized carbons (Fsp3) is 0.167. The van der Waals surface area contributed by atoms with E-state index in [0.717, 1.165) is 0 Å². The van der Waals surface area contributed by atoms with Crippen LogP contribution < -0.4 is 5.32 Å². The summed E-state index contributed by atoms with van der Waals surface area (Å²) in [6.45, 7) is -0.485. The van der Waals surface area contributed by atoms with Gasteiger partial charge in [0.15, 0.2) is 12.4 Å². The third-order valence-corrected chi connectivity index (χ3v) is 4.26. The summed E-state index contributed by atoms with van der Waals surface area (Å²) in [6, 6.07) is 9.55. The molecule has 0 radical (unpaired) electrons. The van der Waals surface area contributed by atoms with Gasteiger partial charge in [0.05, 0.1) is 21.4 Å². The van der Waals surface area contributed by atoms with Gasteiger partial charge in [-0.15, -0.1) is 0 Å². The fourth-order valence-corrected chi connectivity index (χ4v) is 2.37. The first-order chi connectivity index (χ1) is 13.3. The second-order valence-corrected chi connectivity index (χ2v) is 6.38. The summed E-state index contributed by atoms with van der Waals surface area (Å²) in [5.41, 5.74) is 0.505. The zero-order valence-corrected chi connectivity index (χ0v) is 15.8. The Balaban J connectivity index is 1.75. The Hall–Kier alpha value is -2.97. The molecule has 146 valence electrons. The fourth-order valence-electron chi connectivity index (χ4n) is 2.08. The van der Waals surface area contributed by atoms with Gasteiger partial charge in [0.25, 0.3) is 5.69 Å². The number of ketones is 1. The zero-order valence-electron chi connectivity index (χ0n) is 14.3. The summed E-state index contributed by atoms with van der Waals surface area (Å²) in [5, 5.41) is 13.6. The second kappa shape index (κ2) is 9.82. The molecule has 28 heavy (non-hydrogen) atoms. The number of carbonyl (C=O) groups excluding carboxylic acids is 3. The molecular formula is C18H14Cl2N2O6. The summed E-state index contributed by atoms with van der Waals surface area (Å²) < 4.78 is 4.85. The topological polar surface area (TPSA) is 116 Å². The molecule has 8 nitrogen and oxygen atoms in total. The average Bonchev–Trinajstić information content (AvgIpc) is 2.67. The first kappa shape index (κ1) is 21.3. The highest BCUT2D eigenvalue weighted by Crippen LogP contribution is 2.22. The standard InChI is InChI=1S/C18H14Cl2N2O6/c19-14-6-1-11(9-15(14)20)16(23)10-28-18(25)8-7-17(24)21-12-2-4-13(5-3-12)22(26)27/h1-6,9H,7-8,10H2,(H,21,24). The first-order valence-electron chi connectivity index (χ1n) is 7.94. The molecular weight excluding hydrogens is 411 g/mol. The number of ether oxygens (including phenoxy) is 1. The van der Waals surface area contributed by atoms with Crippen molar-refractivity contribution in [1.29, 1.82) is 0 Å². The molecule has 0 aromatic heterocycles. The Morgan fingerprint density at radius 2 is 1.68 bits per heavy atom. The Labute approximate surface area is 169 Å². The van der Waals surface area contributed by atoms with Crippen LogP contribution in [0.3, 0.4) is 0 Å². The van der Waals surface area contributed by atoms with Crippen molar-refractivity contribution in [3.8, 4) is 0 Å². The van der Waals surface area contributed by atoms with E-state index in [-0.39, 0.29) is 29.1 Å². The molecule has 0 heterocycles. The number of carbonyl (C=O) groups is 3. The smallest absolute Gasteiger partial charge is 0.306 e. The van der Waals surface area contributed by atoms with Crippen LogP contribution in [0.4, 0.5) is 11.4 Å². The minimum atomic E-state index is -0.716. The summed E-state index contributed by atoms with van der Waals surface area (Å²) in [6.07, 6.45) is -0.399. The number of nitro groups is 1. The molecule has 2 rings (SSSR count). The molecule has 10 heteroatoms. The van der Waals surface area contributed by atoms with Crippen LogP contribution in [0.1, 0.15) is 23.2 Å². The van der Waals surface area contributed by atoms with Gasteiger partial charge < -0.3 is 10.1 Å².